The van der Waals surface area contributed by atoms with Crippen molar-refractivity contribution in [1.29, 1.82) is 0 Å². The van der Waals surface area contributed by atoms with E-state index < -0.39 is 5.97 Å². The Balaban J connectivity index is 1.85. The number of rotatable bonds is 5. The van der Waals surface area contributed by atoms with Crippen LogP contribution in [-0.2, 0) is 11.2 Å². The second-order valence-corrected chi connectivity index (χ2v) is 6.70. The number of fused-ring (bicyclic) bond motifs is 1. The van der Waals surface area contributed by atoms with Crippen molar-refractivity contribution in [2.75, 3.05) is 6.61 Å². The van der Waals surface area contributed by atoms with E-state index in [0.717, 1.165) is 22.5 Å². The highest BCUT2D eigenvalue weighted by Crippen LogP contribution is 2.33. The molecule has 0 bridgehead atoms. The van der Waals surface area contributed by atoms with Gasteiger partial charge in [-0.15, -0.1) is 11.3 Å². The Bertz CT molecular complexity index is 975. The second-order valence-electron chi connectivity index (χ2n) is 5.86. The maximum absolute atomic E-state index is 11.2. The molecule has 2 aromatic heterocycles. The highest BCUT2D eigenvalue weighted by molar-refractivity contribution is 7.12. The molecule has 1 N–H and O–H groups in total. The zero-order valence-corrected chi connectivity index (χ0v) is 14.9. The fraction of sp³-hybridized carbons (Fsp3) is 0.211. The number of aromatic carboxylic acids is 1. The van der Waals surface area contributed by atoms with E-state index in [1.807, 2.05) is 43.3 Å². The van der Waals surface area contributed by atoms with Gasteiger partial charge in [0.1, 0.15) is 5.69 Å². The van der Waals surface area contributed by atoms with Gasteiger partial charge in [-0.25, -0.2) is 14.5 Å². The third kappa shape index (κ3) is 2.95. The topological polar surface area (TPSA) is 77.2 Å². The van der Waals surface area contributed by atoms with Crippen LogP contribution in [-0.4, -0.2) is 38.6 Å². The summed E-state index contributed by atoms with van der Waals surface area (Å²) in [4.78, 5) is 15.4. The maximum Gasteiger partial charge on any atom is 0.355 e. The van der Waals surface area contributed by atoms with Gasteiger partial charge in [0.25, 0.3) is 0 Å². The van der Waals surface area contributed by atoms with Gasteiger partial charge in [0.2, 0.25) is 5.13 Å². The third-order valence-corrected chi connectivity index (χ3v) is 5.03. The fourth-order valence-electron chi connectivity index (χ4n) is 3.05. The van der Waals surface area contributed by atoms with Crippen molar-refractivity contribution in [3.05, 3.63) is 58.7 Å². The lowest BCUT2D eigenvalue weighted by Gasteiger charge is -2.18. The van der Waals surface area contributed by atoms with Gasteiger partial charge in [0.05, 0.1) is 11.8 Å². The molecule has 0 radical (unpaired) electrons. The maximum atomic E-state index is 11.2. The van der Waals surface area contributed by atoms with Crippen molar-refractivity contribution in [1.82, 2.24) is 14.8 Å². The Morgan fingerprint density at radius 2 is 2.19 bits per heavy atom. The van der Waals surface area contributed by atoms with E-state index in [9.17, 15) is 4.79 Å². The van der Waals surface area contributed by atoms with Gasteiger partial charge in [0, 0.05) is 29.5 Å². The Kier molecular flexibility index (Phi) is 4.40. The van der Waals surface area contributed by atoms with Crippen molar-refractivity contribution in [2.45, 2.75) is 19.4 Å². The number of hydrogen-bond acceptors (Lipinski definition) is 5. The lowest BCUT2D eigenvalue weighted by molar-refractivity contribution is 0.0691. The van der Waals surface area contributed by atoms with Crippen molar-refractivity contribution in [3.63, 3.8) is 0 Å². The minimum absolute atomic E-state index is 0.0227. The van der Waals surface area contributed by atoms with E-state index in [4.69, 9.17) is 14.9 Å². The van der Waals surface area contributed by atoms with Crippen LogP contribution in [0.25, 0.3) is 22.5 Å². The van der Waals surface area contributed by atoms with Gasteiger partial charge in [-0.1, -0.05) is 42.5 Å². The van der Waals surface area contributed by atoms with Crippen LogP contribution in [0.5, 0.6) is 0 Å². The minimum Gasteiger partial charge on any atom is -0.476 e. The Hall–Kier alpha value is -2.77. The molecule has 1 atom stereocenters. The summed E-state index contributed by atoms with van der Waals surface area (Å²) >= 11 is 1.27. The molecule has 0 fully saturated rings. The first-order valence-electron chi connectivity index (χ1n) is 8.33. The lowest BCUT2D eigenvalue weighted by Crippen LogP contribution is -2.19. The van der Waals surface area contributed by atoms with E-state index in [2.05, 4.69) is 11.1 Å². The number of carboxylic acids is 1. The van der Waals surface area contributed by atoms with Crippen LogP contribution in [0.2, 0.25) is 0 Å². The van der Waals surface area contributed by atoms with E-state index in [1.54, 1.807) is 4.68 Å². The van der Waals surface area contributed by atoms with E-state index >= 15 is 0 Å². The molecule has 1 aliphatic rings. The van der Waals surface area contributed by atoms with Gasteiger partial charge in [0.15, 0.2) is 5.69 Å². The first kappa shape index (κ1) is 16.7. The molecule has 132 valence electrons. The molecule has 4 rings (SSSR count). The molecule has 0 aliphatic heterocycles. The van der Waals surface area contributed by atoms with Crippen LogP contribution < -0.4 is 0 Å². The van der Waals surface area contributed by atoms with Crippen LogP contribution in [0, 0.1) is 0 Å². The number of carboxylic acid groups (broad SMARTS) is 1. The summed E-state index contributed by atoms with van der Waals surface area (Å²) in [5.41, 5.74) is 3.91. The van der Waals surface area contributed by atoms with Gasteiger partial charge < -0.3 is 9.84 Å². The smallest absolute Gasteiger partial charge is 0.355 e. The molecule has 0 saturated heterocycles. The molecule has 6 nitrogen and oxygen atoms in total. The molecule has 3 aromatic rings. The van der Waals surface area contributed by atoms with Crippen molar-refractivity contribution in [3.8, 4) is 16.4 Å². The van der Waals surface area contributed by atoms with E-state index in [1.165, 1.54) is 16.7 Å². The Morgan fingerprint density at radius 3 is 2.88 bits per heavy atom. The quantitative estimate of drug-likeness (QED) is 0.744. The number of ether oxygens (including phenoxy) is 1. The molecule has 26 heavy (non-hydrogen) atoms. The predicted molar refractivity (Wildman–Crippen MR) is 99.8 cm³/mol. The van der Waals surface area contributed by atoms with Crippen LogP contribution in [0.1, 0.15) is 28.7 Å². The zero-order valence-electron chi connectivity index (χ0n) is 14.1. The largest absolute Gasteiger partial charge is 0.476 e. The monoisotopic (exact) mass is 367 g/mol. The van der Waals surface area contributed by atoms with Gasteiger partial charge >= 0.3 is 5.97 Å². The molecule has 0 saturated carbocycles. The highest BCUT2D eigenvalue weighted by atomic mass is 32.1. The Labute approximate surface area is 154 Å². The van der Waals surface area contributed by atoms with Crippen molar-refractivity contribution in [2.24, 2.45) is 0 Å². The molecule has 1 aliphatic carbocycles. The zero-order chi connectivity index (χ0) is 18.1. The average molecular weight is 367 g/mol. The second kappa shape index (κ2) is 6.86. The fourth-order valence-corrected chi connectivity index (χ4v) is 3.83. The average Bonchev–Trinajstić information content (AvgIpc) is 3.27. The first-order chi connectivity index (χ1) is 12.7. The van der Waals surface area contributed by atoms with Crippen LogP contribution in [0.3, 0.4) is 0 Å². The lowest BCUT2D eigenvalue weighted by atomic mass is 9.97. The third-order valence-electron chi connectivity index (χ3n) is 4.21. The SMILES string of the molecule is CCOC1C=Cc2c(-c3ccccc3)nn(-c3nc(C(=O)O)cs3)c2C1. The van der Waals surface area contributed by atoms with Gasteiger partial charge in [-0.05, 0) is 6.92 Å². The van der Waals surface area contributed by atoms with Crippen molar-refractivity contribution < 1.29 is 14.6 Å². The van der Waals surface area contributed by atoms with E-state index in [-0.39, 0.29) is 11.8 Å². The predicted octanol–water partition coefficient (Wildman–Crippen LogP) is 3.67. The summed E-state index contributed by atoms with van der Waals surface area (Å²) in [6.45, 7) is 2.60. The number of hydrogen-bond donors (Lipinski definition) is 1. The van der Waals surface area contributed by atoms with Crippen molar-refractivity contribution >= 4 is 23.4 Å². The van der Waals surface area contributed by atoms with Crippen LogP contribution in [0.4, 0.5) is 0 Å². The van der Waals surface area contributed by atoms with Crippen LogP contribution in [0.15, 0.2) is 41.8 Å². The van der Waals surface area contributed by atoms with E-state index in [0.29, 0.717) is 18.2 Å². The molecule has 1 unspecified atom stereocenters. The summed E-state index contributed by atoms with van der Waals surface area (Å²) in [6, 6.07) is 9.94. The van der Waals surface area contributed by atoms with Crippen LogP contribution >= 0.6 is 11.3 Å². The standard InChI is InChI=1S/C19H17N3O3S/c1-2-25-13-8-9-14-16(10-13)22(19-20-15(11-26-19)18(23)24)21-17(14)12-6-4-3-5-7-12/h3-9,11,13H,2,10H2,1H3,(H,23,24). The molecule has 0 amide bonds. The summed E-state index contributed by atoms with van der Waals surface area (Å²) in [7, 11) is 0. The summed E-state index contributed by atoms with van der Waals surface area (Å²) < 4.78 is 7.50. The summed E-state index contributed by atoms with van der Waals surface area (Å²) in [5.74, 6) is -1.04. The number of thiazole rings is 1. The molecule has 7 heteroatoms. The molecular weight excluding hydrogens is 350 g/mol. The number of carbonyl (C=O) groups is 1. The normalized spacial score (nSPS) is 15.8. The molecular formula is C19H17N3O3S. The first-order valence-corrected chi connectivity index (χ1v) is 9.21. The Morgan fingerprint density at radius 1 is 1.38 bits per heavy atom. The minimum atomic E-state index is -1.04. The van der Waals surface area contributed by atoms with Gasteiger partial charge in [-0.3, -0.25) is 0 Å². The number of aromatic nitrogens is 3. The molecule has 0 spiro atoms. The molecule has 1 aromatic carbocycles. The summed E-state index contributed by atoms with van der Waals surface area (Å²) in [5, 5.41) is 16.0. The van der Waals surface area contributed by atoms with Gasteiger partial charge in [-0.2, -0.15) is 5.10 Å². The molecule has 2 heterocycles. The summed E-state index contributed by atoms with van der Waals surface area (Å²) in [6.07, 6.45) is 4.73. The number of benzene rings is 1. The highest BCUT2D eigenvalue weighted by Gasteiger charge is 2.25. The number of nitrogens with zero attached hydrogens (tertiary/aromatic N) is 3.